The minimum absolute atomic E-state index is 0.359. The molecule has 0 amide bonds. The maximum absolute atomic E-state index is 6.16. The van der Waals surface area contributed by atoms with Crippen molar-refractivity contribution in [2.75, 3.05) is 7.11 Å². The van der Waals surface area contributed by atoms with Gasteiger partial charge in [-0.2, -0.15) is 0 Å². The average Bonchev–Trinajstić information content (AvgIpc) is 2.86. The summed E-state index contributed by atoms with van der Waals surface area (Å²) in [4.78, 5) is 0. The molecular formula is C23H27BO3. The van der Waals surface area contributed by atoms with E-state index in [1.807, 2.05) is 48.4 Å². The van der Waals surface area contributed by atoms with Gasteiger partial charge in [0.15, 0.2) is 0 Å². The Morgan fingerprint density at radius 1 is 0.889 bits per heavy atom. The lowest BCUT2D eigenvalue weighted by Crippen LogP contribution is -2.41. The largest absolute Gasteiger partial charge is 0.497 e. The summed E-state index contributed by atoms with van der Waals surface area (Å²) in [5.74, 6) is 2.87. The van der Waals surface area contributed by atoms with Gasteiger partial charge in [-0.1, -0.05) is 54.6 Å². The van der Waals surface area contributed by atoms with Crippen LogP contribution in [0.1, 0.15) is 38.8 Å². The summed E-state index contributed by atoms with van der Waals surface area (Å²) in [6.45, 7) is 8.25. The van der Waals surface area contributed by atoms with E-state index in [9.17, 15) is 0 Å². The Morgan fingerprint density at radius 3 is 2.04 bits per heavy atom. The highest BCUT2D eigenvalue weighted by molar-refractivity contribution is 6.53. The third-order valence-electron chi connectivity index (χ3n) is 5.27. The summed E-state index contributed by atoms with van der Waals surface area (Å²) >= 11 is 0. The van der Waals surface area contributed by atoms with E-state index in [-0.39, 0.29) is 11.2 Å². The van der Waals surface area contributed by atoms with Crippen LogP contribution in [-0.4, -0.2) is 25.4 Å². The zero-order chi connectivity index (χ0) is 19.5. The molecule has 0 bridgehead atoms. The highest BCUT2D eigenvalue weighted by Gasteiger charge is 2.50. The molecule has 1 aliphatic rings. The first-order chi connectivity index (χ1) is 12.8. The molecule has 0 aliphatic carbocycles. The molecule has 3 nitrogen and oxygen atoms in total. The lowest BCUT2D eigenvalue weighted by molar-refractivity contribution is 0.00578. The zero-order valence-corrected chi connectivity index (χ0v) is 16.7. The molecule has 0 spiro atoms. The van der Waals surface area contributed by atoms with E-state index in [1.165, 1.54) is 0 Å². The summed E-state index contributed by atoms with van der Waals surface area (Å²) in [5.41, 5.74) is 2.55. The van der Waals surface area contributed by atoms with Crippen LogP contribution in [0.3, 0.4) is 0 Å². The Labute approximate surface area is 162 Å². The van der Waals surface area contributed by atoms with E-state index in [4.69, 9.17) is 14.0 Å². The van der Waals surface area contributed by atoms with Crippen LogP contribution in [0.4, 0.5) is 0 Å². The van der Waals surface area contributed by atoms with E-state index in [0.29, 0.717) is 0 Å². The summed E-state index contributed by atoms with van der Waals surface area (Å²) < 4.78 is 17.6. The fourth-order valence-corrected chi connectivity index (χ4v) is 2.88. The van der Waals surface area contributed by atoms with Crippen LogP contribution in [0.25, 0.3) is 11.6 Å². The van der Waals surface area contributed by atoms with Gasteiger partial charge in [-0.05, 0) is 62.5 Å². The van der Waals surface area contributed by atoms with Crippen molar-refractivity contribution >= 4 is 18.8 Å². The molecule has 1 heterocycles. The van der Waals surface area contributed by atoms with Crippen LogP contribution in [0, 0.1) is 0 Å². The molecule has 1 fully saturated rings. The van der Waals surface area contributed by atoms with E-state index in [2.05, 4.69) is 52.0 Å². The molecule has 1 saturated heterocycles. The highest BCUT2D eigenvalue weighted by Crippen LogP contribution is 2.37. The first kappa shape index (κ1) is 19.5. The minimum atomic E-state index is -0.396. The number of hydrogen-bond acceptors (Lipinski definition) is 3. The number of ether oxygens (including phenoxy) is 1. The average molecular weight is 362 g/mol. The molecule has 1 aliphatic heterocycles. The van der Waals surface area contributed by atoms with E-state index >= 15 is 0 Å². The Balaban J connectivity index is 1.93. The first-order valence-electron chi connectivity index (χ1n) is 9.26. The molecule has 140 valence electrons. The van der Waals surface area contributed by atoms with Crippen molar-refractivity contribution in [3.05, 3.63) is 77.8 Å². The van der Waals surface area contributed by atoms with Gasteiger partial charge in [0.2, 0.25) is 0 Å². The molecule has 0 unspecified atom stereocenters. The number of rotatable bonds is 5. The predicted molar refractivity (Wildman–Crippen MR) is 113 cm³/mol. The second-order valence-corrected chi connectivity index (χ2v) is 7.72. The maximum atomic E-state index is 6.16. The lowest BCUT2D eigenvalue weighted by atomic mass is 9.84. The Bertz CT molecular complexity index is 804. The van der Waals surface area contributed by atoms with Crippen LogP contribution < -0.4 is 4.74 Å². The van der Waals surface area contributed by atoms with Crippen LogP contribution in [0.2, 0.25) is 0 Å². The smallest absolute Gasteiger partial charge is 0.487 e. The van der Waals surface area contributed by atoms with Gasteiger partial charge in [-0.25, -0.2) is 0 Å². The van der Waals surface area contributed by atoms with Gasteiger partial charge in [0, 0.05) is 0 Å². The van der Waals surface area contributed by atoms with E-state index in [0.717, 1.165) is 22.4 Å². The number of methoxy groups -OCH3 is 1. The minimum Gasteiger partial charge on any atom is -0.497 e. The normalized spacial score (nSPS) is 18.9. The molecule has 2 aromatic rings. The molecule has 0 aromatic heterocycles. The van der Waals surface area contributed by atoms with Crippen LogP contribution in [0.15, 0.2) is 66.6 Å². The van der Waals surface area contributed by atoms with Gasteiger partial charge < -0.3 is 14.0 Å². The Kier molecular flexibility index (Phi) is 5.59. The fraction of sp³-hybridized carbons (Fsp3) is 0.304. The molecule has 0 radical (unpaired) electrons. The Hall–Kier alpha value is -2.30. The fourth-order valence-electron chi connectivity index (χ4n) is 2.88. The van der Waals surface area contributed by atoms with Gasteiger partial charge in [0.1, 0.15) is 5.75 Å². The highest BCUT2D eigenvalue weighted by atomic mass is 16.7. The number of hydrogen-bond donors (Lipinski definition) is 0. The van der Waals surface area contributed by atoms with Gasteiger partial charge >= 0.3 is 7.12 Å². The van der Waals surface area contributed by atoms with E-state index < -0.39 is 7.12 Å². The van der Waals surface area contributed by atoms with Gasteiger partial charge in [0.25, 0.3) is 0 Å². The molecule has 0 atom stereocenters. The van der Waals surface area contributed by atoms with Crippen molar-refractivity contribution < 1.29 is 14.0 Å². The predicted octanol–water partition coefficient (Wildman–Crippen LogP) is 5.42. The van der Waals surface area contributed by atoms with Crippen molar-refractivity contribution in [3.63, 3.8) is 0 Å². The second-order valence-electron chi connectivity index (χ2n) is 7.72. The van der Waals surface area contributed by atoms with Gasteiger partial charge in [-0.15, -0.1) is 0 Å². The van der Waals surface area contributed by atoms with Crippen LogP contribution in [-0.2, 0) is 9.31 Å². The van der Waals surface area contributed by atoms with Crippen LogP contribution >= 0.6 is 0 Å². The van der Waals surface area contributed by atoms with Crippen molar-refractivity contribution in [2.24, 2.45) is 0 Å². The third kappa shape index (κ3) is 4.52. The van der Waals surface area contributed by atoms with E-state index in [1.54, 1.807) is 7.11 Å². The topological polar surface area (TPSA) is 27.7 Å². The monoisotopic (exact) mass is 362 g/mol. The molecule has 0 saturated carbocycles. The van der Waals surface area contributed by atoms with Crippen molar-refractivity contribution in [3.8, 4) is 5.75 Å². The van der Waals surface area contributed by atoms with Crippen LogP contribution in [0.5, 0.6) is 5.75 Å². The lowest BCUT2D eigenvalue weighted by Gasteiger charge is -2.32. The first-order valence-corrected chi connectivity index (χ1v) is 9.26. The molecular weight excluding hydrogens is 335 g/mol. The van der Waals surface area contributed by atoms with Gasteiger partial charge in [-0.3, -0.25) is 0 Å². The quantitative estimate of drug-likeness (QED) is 0.525. The molecule has 0 N–H and O–H groups in total. The van der Waals surface area contributed by atoms with Gasteiger partial charge in [0.05, 0.1) is 18.3 Å². The molecule has 2 aromatic carbocycles. The zero-order valence-electron chi connectivity index (χ0n) is 16.7. The number of benzene rings is 2. The van der Waals surface area contributed by atoms with Crippen molar-refractivity contribution in [2.45, 2.75) is 38.9 Å². The third-order valence-corrected chi connectivity index (χ3v) is 5.27. The molecule has 4 heteroatoms. The standard InChI is InChI=1S/C23H27BO3/c1-22(2)23(3,4)27-24(26-22)17-20(12-11-18-9-7-6-8-10-18)19-13-15-21(25-5)16-14-19/h6-17H,1-5H3/b12-11+,20-17+. The Morgan fingerprint density at radius 2 is 1.48 bits per heavy atom. The molecule has 3 rings (SSSR count). The number of allylic oxidation sites excluding steroid dienone is 2. The SMILES string of the molecule is COc1ccc(C(/C=C/c2ccccc2)=C/B2OC(C)(C)C(C)(C)O2)cc1. The summed E-state index contributed by atoms with van der Waals surface area (Å²) in [5, 5.41) is 0. The molecule has 27 heavy (non-hydrogen) atoms. The summed E-state index contributed by atoms with van der Waals surface area (Å²) in [6.07, 6.45) is 4.20. The second kappa shape index (κ2) is 7.75. The van der Waals surface area contributed by atoms with Crippen molar-refractivity contribution in [1.29, 1.82) is 0 Å². The summed E-state index contributed by atoms with van der Waals surface area (Å²) in [7, 11) is 1.28. The summed E-state index contributed by atoms with van der Waals surface area (Å²) in [6, 6.07) is 18.3. The van der Waals surface area contributed by atoms with Crippen molar-refractivity contribution in [1.82, 2.24) is 0 Å². The maximum Gasteiger partial charge on any atom is 0.487 e.